The third kappa shape index (κ3) is 2.91. The molecular weight excluding hydrogens is 276 g/mol. The van der Waals surface area contributed by atoms with Crippen molar-refractivity contribution in [3.05, 3.63) is 58.9 Å². The second-order valence-corrected chi connectivity index (χ2v) is 4.91. The van der Waals surface area contributed by atoms with Gasteiger partial charge in [0.15, 0.2) is 0 Å². The molecule has 1 aromatic carbocycles. The molecule has 0 fully saturated rings. The molecule has 5 heteroatoms. The van der Waals surface area contributed by atoms with Crippen LogP contribution in [0.5, 0.6) is 5.75 Å². The molecule has 1 unspecified atom stereocenters. The standard InChI is InChI=1S/C15H15ClN2O2/c1-10(12-5-3-4-6-13(12)19)18(2)15(20)11-7-8-14(16)17-9-11/h3-10,19H,1-2H3. The van der Waals surface area contributed by atoms with Crippen LogP contribution in [-0.2, 0) is 0 Å². The van der Waals surface area contributed by atoms with Crippen LogP contribution in [0.15, 0.2) is 42.6 Å². The second-order valence-electron chi connectivity index (χ2n) is 4.52. The minimum Gasteiger partial charge on any atom is -0.508 e. The van der Waals surface area contributed by atoms with Crippen molar-refractivity contribution in [1.82, 2.24) is 9.88 Å². The number of phenolic OH excluding ortho intramolecular Hbond substituents is 1. The van der Waals surface area contributed by atoms with E-state index in [1.165, 1.54) is 6.20 Å². The number of nitrogens with zero attached hydrogens (tertiary/aromatic N) is 2. The lowest BCUT2D eigenvalue weighted by molar-refractivity contribution is 0.0741. The van der Waals surface area contributed by atoms with Crippen molar-refractivity contribution in [2.24, 2.45) is 0 Å². The van der Waals surface area contributed by atoms with E-state index < -0.39 is 0 Å². The molecule has 1 amide bonds. The number of hydrogen-bond donors (Lipinski definition) is 1. The van der Waals surface area contributed by atoms with Crippen molar-refractivity contribution >= 4 is 17.5 Å². The Morgan fingerprint density at radius 3 is 2.60 bits per heavy atom. The van der Waals surface area contributed by atoms with Crippen LogP contribution in [0.1, 0.15) is 28.9 Å². The summed E-state index contributed by atoms with van der Waals surface area (Å²) in [6, 6.07) is 9.93. The molecule has 1 heterocycles. The fourth-order valence-electron chi connectivity index (χ4n) is 1.93. The van der Waals surface area contributed by atoms with Crippen LogP contribution in [0, 0.1) is 0 Å². The molecule has 0 bridgehead atoms. The van der Waals surface area contributed by atoms with Gasteiger partial charge < -0.3 is 10.0 Å². The van der Waals surface area contributed by atoms with E-state index in [-0.39, 0.29) is 17.7 Å². The second kappa shape index (κ2) is 5.92. The molecule has 0 aliphatic carbocycles. The number of carbonyl (C=O) groups is 1. The normalized spacial score (nSPS) is 11.9. The highest BCUT2D eigenvalue weighted by Gasteiger charge is 2.21. The zero-order valence-electron chi connectivity index (χ0n) is 11.2. The van der Waals surface area contributed by atoms with E-state index in [1.54, 1.807) is 42.3 Å². The topological polar surface area (TPSA) is 53.4 Å². The summed E-state index contributed by atoms with van der Waals surface area (Å²) in [5.41, 5.74) is 1.16. The van der Waals surface area contributed by atoms with Crippen LogP contribution in [0.25, 0.3) is 0 Å². The summed E-state index contributed by atoms with van der Waals surface area (Å²) >= 11 is 5.71. The summed E-state index contributed by atoms with van der Waals surface area (Å²) in [4.78, 5) is 17.8. The fourth-order valence-corrected chi connectivity index (χ4v) is 2.04. The molecule has 4 nitrogen and oxygen atoms in total. The van der Waals surface area contributed by atoms with Gasteiger partial charge in [-0.3, -0.25) is 4.79 Å². The zero-order valence-corrected chi connectivity index (χ0v) is 12.0. The Kier molecular flexibility index (Phi) is 4.25. The minimum atomic E-state index is -0.251. The summed E-state index contributed by atoms with van der Waals surface area (Å²) in [6.45, 7) is 1.86. The summed E-state index contributed by atoms with van der Waals surface area (Å²) in [5.74, 6) is -0.00111. The predicted octanol–water partition coefficient (Wildman–Crippen LogP) is 3.27. The van der Waals surface area contributed by atoms with Gasteiger partial charge in [-0.25, -0.2) is 4.98 Å². The molecule has 1 aromatic heterocycles. The lowest BCUT2D eigenvalue weighted by Gasteiger charge is -2.25. The van der Waals surface area contributed by atoms with Crippen LogP contribution in [0.2, 0.25) is 5.15 Å². The van der Waals surface area contributed by atoms with E-state index in [4.69, 9.17) is 11.6 Å². The monoisotopic (exact) mass is 290 g/mol. The maximum Gasteiger partial charge on any atom is 0.255 e. The van der Waals surface area contributed by atoms with Gasteiger partial charge in [0.1, 0.15) is 10.9 Å². The van der Waals surface area contributed by atoms with Crippen LogP contribution < -0.4 is 0 Å². The molecule has 2 rings (SSSR count). The van der Waals surface area contributed by atoms with Gasteiger partial charge in [-0.2, -0.15) is 0 Å². The van der Waals surface area contributed by atoms with Crippen molar-refractivity contribution < 1.29 is 9.90 Å². The lowest BCUT2D eigenvalue weighted by atomic mass is 10.1. The van der Waals surface area contributed by atoms with Crippen LogP contribution in [-0.4, -0.2) is 27.9 Å². The summed E-state index contributed by atoms with van der Waals surface area (Å²) in [7, 11) is 1.69. The highest BCUT2D eigenvalue weighted by Crippen LogP contribution is 2.28. The molecule has 0 radical (unpaired) electrons. The van der Waals surface area contributed by atoms with Gasteiger partial charge in [0.2, 0.25) is 0 Å². The lowest BCUT2D eigenvalue weighted by Crippen LogP contribution is -2.29. The van der Waals surface area contributed by atoms with Crippen molar-refractivity contribution in [2.75, 3.05) is 7.05 Å². The number of pyridine rings is 1. The Bertz CT molecular complexity index is 614. The Labute approximate surface area is 122 Å². The van der Waals surface area contributed by atoms with E-state index >= 15 is 0 Å². The summed E-state index contributed by atoms with van der Waals surface area (Å²) in [6.07, 6.45) is 1.44. The zero-order chi connectivity index (χ0) is 14.7. The smallest absolute Gasteiger partial charge is 0.255 e. The third-order valence-electron chi connectivity index (χ3n) is 3.26. The first-order chi connectivity index (χ1) is 9.50. The first-order valence-electron chi connectivity index (χ1n) is 6.17. The molecule has 20 heavy (non-hydrogen) atoms. The summed E-state index contributed by atoms with van der Waals surface area (Å²) < 4.78 is 0. The van der Waals surface area contributed by atoms with Crippen molar-refractivity contribution in [3.8, 4) is 5.75 Å². The number of carbonyl (C=O) groups excluding carboxylic acids is 1. The number of para-hydroxylation sites is 1. The predicted molar refractivity (Wildman–Crippen MR) is 77.9 cm³/mol. The maximum atomic E-state index is 12.3. The SMILES string of the molecule is CC(c1ccccc1O)N(C)C(=O)c1ccc(Cl)nc1. The Hall–Kier alpha value is -2.07. The first-order valence-corrected chi connectivity index (χ1v) is 6.55. The average molecular weight is 291 g/mol. The van der Waals surface area contributed by atoms with Gasteiger partial charge in [-0.05, 0) is 25.1 Å². The number of aromatic nitrogens is 1. The van der Waals surface area contributed by atoms with Crippen molar-refractivity contribution in [3.63, 3.8) is 0 Å². The molecule has 104 valence electrons. The van der Waals surface area contributed by atoms with Crippen molar-refractivity contribution in [1.29, 1.82) is 0 Å². The number of phenols is 1. The first kappa shape index (κ1) is 14.3. The highest BCUT2D eigenvalue weighted by molar-refractivity contribution is 6.29. The molecule has 1 N–H and O–H groups in total. The van der Waals surface area contributed by atoms with E-state index in [1.807, 2.05) is 13.0 Å². The number of aromatic hydroxyl groups is 1. The number of amides is 1. The van der Waals surface area contributed by atoms with Gasteiger partial charge in [0.25, 0.3) is 5.91 Å². The van der Waals surface area contributed by atoms with Crippen molar-refractivity contribution in [2.45, 2.75) is 13.0 Å². The van der Waals surface area contributed by atoms with Gasteiger partial charge >= 0.3 is 0 Å². The maximum absolute atomic E-state index is 12.3. The molecule has 0 saturated carbocycles. The molecule has 0 aliphatic rings. The van der Waals surface area contributed by atoms with E-state index in [0.29, 0.717) is 16.3 Å². The van der Waals surface area contributed by atoms with E-state index in [9.17, 15) is 9.90 Å². The minimum absolute atomic E-state index is 0.175. The van der Waals surface area contributed by atoms with E-state index in [2.05, 4.69) is 4.98 Å². The van der Waals surface area contributed by atoms with Crippen LogP contribution >= 0.6 is 11.6 Å². The quantitative estimate of drug-likeness (QED) is 0.883. The molecular formula is C15H15ClN2O2. The molecule has 0 aliphatic heterocycles. The molecule has 2 aromatic rings. The van der Waals surface area contributed by atoms with Crippen LogP contribution in [0.4, 0.5) is 0 Å². The Morgan fingerprint density at radius 1 is 1.30 bits per heavy atom. The molecule has 0 saturated heterocycles. The number of benzene rings is 1. The molecule has 1 atom stereocenters. The van der Waals surface area contributed by atoms with Crippen LogP contribution in [0.3, 0.4) is 0 Å². The highest BCUT2D eigenvalue weighted by atomic mass is 35.5. The Balaban J connectivity index is 2.22. The number of hydrogen-bond acceptors (Lipinski definition) is 3. The number of rotatable bonds is 3. The van der Waals surface area contributed by atoms with Gasteiger partial charge in [-0.15, -0.1) is 0 Å². The number of halogens is 1. The fraction of sp³-hybridized carbons (Fsp3) is 0.200. The third-order valence-corrected chi connectivity index (χ3v) is 3.49. The molecule has 0 spiro atoms. The average Bonchev–Trinajstić information content (AvgIpc) is 2.46. The largest absolute Gasteiger partial charge is 0.508 e. The Morgan fingerprint density at radius 2 is 2.00 bits per heavy atom. The summed E-state index contributed by atoms with van der Waals surface area (Å²) in [5, 5.41) is 10.2. The van der Waals surface area contributed by atoms with E-state index in [0.717, 1.165) is 0 Å². The van der Waals surface area contributed by atoms with Gasteiger partial charge in [0, 0.05) is 18.8 Å². The van der Waals surface area contributed by atoms with Gasteiger partial charge in [0.05, 0.1) is 11.6 Å². The van der Waals surface area contributed by atoms with Gasteiger partial charge in [-0.1, -0.05) is 29.8 Å².